The Labute approximate surface area is 164 Å². The molecule has 0 atom stereocenters. The van der Waals surface area contributed by atoms with Crippen LogP contribution in [0.15, 0.2) is 84.9 Å². The third-order valence-corrected chi connectivity index (χ3v) is 7.25. The van der Waals surface area contributed by atoms with Gasteiger partial charge in [-0.15, -0.1) is 11.3 Å². The number of thiophene rings is 1. The molecule has 0 fully saturated rings. The number of rotatable bonds is 0. The van der Waals surface area contributed by atoms with Gasteiger partial charge in [0, 0.05) is 47.2 Å². The van der Waals surface area contributed by atoms with Crippen LogP contribution in [-0.2, 0) is 0 Å². The Kier molecular flexibility index (Phi) is 2.68. The van der Waals surface area contributed by atoms with E-state index in [1.165, 1.54) is 63.5 Å². The SMILES string of the molecule is c1ccc2c(c1)ccc1c2sc2c3ccccc3c3[nH]c4ccccc4c3c12. The van der Waals surface area contributed by atoms with E-state index in [9.17, 15) is 0 Å². The van der Waals surface area contributed by atoms with Gasteiger partial charge in [-0.1, -0.05) is 78.9 Å². The number of para-hydroxylation sites is 1. The smallest absolute Gasteiger partial charge is 0.0551 e. The van der Waals surface area contributed by atoms with E-state index in [-0.39, 0.29) is 0 Å². The summed E-state index contributed by atoms with van der Waals surface area (Å²) in [6, 6.07) is 30.8. The Morgan fingerprint density at radius 1 is 0.500 bits per heavy atom. The van der Waals surface area contributed by atoms with Gasteiger partial charge in [0.15, 0.2) is 0 Å². The van der Waals surface area contributed by atoms with E-state index in [4.69, 9.17) is 0 Å². The second-order valence-electron chi connectivity index (χ2n) is 7.44. The third kappa shape index (κ3) is 1.71. The zero-order chi connectivity index (χ0) is 18.2. The van der Waals surface area contributed by atoms with Crippen LogP contribution in [0.25, 0.3) is 63.5 Å². The first-order valence-electron chi connectivity index (χ1n) is 9.55. The van der Waals surface area contributed by atoms with Crippen LogP contribution in [-0.4, -0.2) is 4.98 Å². The monoisotopic (exact) mass is 373 g/mol. The molecular formula is C26H15NS. The molecule has 0 radical (unpaired) electrons. The summed E-state index contributed by atoms with van der Waals surface area (Å²) in [5.74, 6) is 0. The maximum absolute atomic E-state index is 3.71. The minimum atomic E-state index is 1.20. The standard InChI is InChI=1S/C26H15NS/c1-2-8-16-15(7-1)13-14-20-23-22-19-11-5-6-12-21(19)27-24(22)17-9-3-4-10-18(17)26(23)28-25(16)20/h1-14,27H. The fraction of sp³-hybridized carbons (Fsp3) is 0. The Bertz CT molecular complexity index is 1720. The minimum absolute atomic E-state index is 1.20. The molecule has 2 aromatic heterocycles. The predicted molar refractivity (Wildman–Crippen MR) is 124 cm³/mol. The van der Waals surface area contributed by atoms with Gasteiger partial charge >= 0.3 is 0 Å². The topological polar surface area (TPSA) is 15.8 Å². The van der Waals surface area contributed by atoms with Crippen LogP contribution in [0.1, 0.15) is 0 Å². The minimum Gasteiger partial charge on any atom is -0.354 e. The maximum atomic E-state index is 3.71. The Morgan fingerprint density at radius 3 is 2.11 bits per heavy atom. The first-order chi connectivity index (χ1) is 13.9. The molecule has 2 heterocycles. The molecule has 28 heavy (non-hydrogen) atoms. The number of hydrogen-bond donors (Lipinski definition) is 1. The van der Waals surface area contributed by atoms with E-state index in [0.29, 0.717) is 0 Å². The van der Waals surface area contributed by atoms with Gasteiger partial charge in [0.2, 0.25) is 0 Å². The van der Waals surface area contributed by atoms with Gasteiger partial charge in [-0.2, -0.15) is 0 Å². The summed E-state index contributed by atoms with van der Waals surface area (Å²) < 4.78 is 2.77. The number of aromatic nitrogens is 1. The highest BCUT2D eigenvalue weighted by Crippen LogP contribution is 2.47. The molecule has 0 aliphatic heterocycles. The first-order valence-corrected chi connectivity index (χ1v) is 10.4. The summed E-state index contributed by atoms with van der Waals surface area (Å²) in [6.07, 6.45) is 0. The highest BCUT2D eigenvalue weighted by molar-refractivity contribution is 7.27. The quantitative estimate of drug-likeness (QED) is 0.277. The van der Waals surface area contributed by atoms with Crippen LogP contribution in [0, 0.1) is 0 Å². The molecule has 2 heteroatoms. The Balaban J connectivity index is 1.90. The molecule has 0 spiro atoms. The summed E-state index contributed by atoms with van der Waals surface area (Å²) in [4.78, 5) is 3.71. The zero-order valence-electron chi connectivity index (χ0n) is 15.0. The first kappa shape index (κ1) is 14.7. The second-order valence-corrected chi connectivity index (χ2v) is 8.46. The van der Waals surface area contributed by atoms with Crippen molar-refractivity contribution in [3.63, 3.8) is 0 Å². The highest BCUT2D eigenvalue weighted by atomic mass is 32.1. The summed E-state index contributed by atoms with van der Waals surface area (Å²) in [5.41, 5.74) is 2.45. The summed E-state index contributed by atoms with van der Waals surface area (Å²) >= 11 is 1.93. The number of benzene rings is 5. The van der Waals surface area contributed by atoms with E-state index >= 15 is 0 Å². The predicted octanol–water partition coefficient (Wildman–Crippen LogP) is 8.00. The lowest BCUT2D eigenvalue weighted by atomic mass is 9.98. The number of H-pyrrole nitrogens is 1. The average molecular weight is 373 g/mol. The van der Waals surface area contributed by atoms with E-state index in [0.717, 1.165) is 0 Å². The van der Waals surface area contributed by atoms with Crippen molar-refractivity contribution < 1.29 is 0 Å². The molecule has 0 saturated carbocycles. The molecule has 0 aliphatic carbocycles. The lowest BCUT2D eigenvalue weighted by molar-refractivity contribution is 1.57. The van der Waals surface area contributed by atoms with Crippen molar-refractivity contribution >= 4 is 74.9 Å². The van der Waals surface area contributed by atoms with Gasteiger partial charge in [0.05, 0.1) is 5.52 Å². The van der Waals surface area contributed by atoms with Crippen molar-refractivity contribution in [1.82, 2.24) is 4.98 Å². The van der Waals surface area contributed by atoms with Gasteiger partial charge in [0.25, 0.3) is 0 Å². The van der Waals surface area contributed by atoms with Crippen LogP contribution in [0.3, 0.4) is 0 Å². The summed E-state index contributed by atoms with van der Waals surface area (Å²) in [7, 11) is 0. The second kappa shape index (κ2) is 5.12. The van der Waals surface area contributed by atoms with Gasteiger partial charge in [-0.05, 0) is 16.8 Å². The summed E-state index contributed by atoms with van der Waals surface area (Å²) in [6.45, 7) is 0. The summed E-state index contributed by atoms with van der Waals surface area (Å²) in [5, 5.41) is 10.7. The Morgan fingerprint density at radius 2 is 1.21 bits per heavy atom. The maximum Gasteiger partial charge on any atom is 0.0551 e. The van der Waals surface area contributed by atoms with Gasteiger partial charge in [0.1, 0.15) is 0 Å². The molecular weight excluding hydrogens is 358 g/mol. The van der Waals surface area contributed by atoms with Gasteiger partial charge in [-0.3, -0.25) is 0 Å². The normalized spacial score (nSPS) is 12.3. The molecule has 0 unspecified atom stereocenters. The van der Waals surface area contributed by atoms with Crippen LogP contribution >= 0.6 is 11.3 Å². The lowest BCUT2D eigenvalue weighted by Crippen LogP contribution is -1.78. The third-order valence-electron chi connectivity index (χ3n) is 5.98. The van der Waals surface area contributed by atoms with Crippen LogP contribution in [0.4, 0.5) is 0 Å². The molecule has 7 aromatic rings. The fourth-order valence-corrected chi connectivity index (χ4v) is 6.15. The van der Waals surface area contributed by atoms with E-state index < -0.39 is 0 Å². The van der Waals surface area contributed by atoms with Crippen LogP contribution < -0.4 is 0 Å². The molecule has 0 aliphatic rings. The molecule has 0 saturated heterocycles. The number of aromatic amines is 1. The van der Waals surface area contributed by atoms with E-state index in [2.05, 4.69) is 89.9 Å². The molecule has 130 valence electrons. The van der Waals surface area contributed by atoms with Crippen LogP contribution in [0.5, 0.6) is 0 Å². The number of nitrogens with one attached hydrogen (secondary N) is 1. The molecule has 1 nitrogen and oxygen atoms in total. The highest BCUT2D eigenvalue weighted by Gasteiger charge is 2.18. The number of hydrogen-bond acceptors (Lipinski definition) is 1. The van der Waals surface area contributed by atoms with Crippen molar-refractivity contribution in [2.45, 2.75) is 0 Å². The van der Waals surface area contributed by atoms with Crippen LogP contribution in [0.2, 0.25) is 0 Å². The molecule has 1 N–H and O–H groups in total. The fourth-order valence-electron chi connectivity index (χ4n) is 4.77. The average Bonchev–Trinajstić information content (AvgIpc) is 3.33. The molecule has 0 amide bonds. The van der Waals surface area contributed by atoms with Crippen molar-refractivity contribution in [3.8, 4) is 0 Å². The molecule has 0 bridgehead atoms. The largest absolute Gasteiger partial charge is 0.354 e. The van der Waals surface area contributed by atoms with Crippen molar-refractivity contribution in [3.05, 3.63) is 84.9 Å². The lowest BCUT2D eigenvalue weighted by Gasteiger charge is -2.04. The van der Waals surface area contributed by atoms with E-state index in [1.807, 2.05) is 11.3 Å². The molecule has 5 aromatic carbocycles. The van der Waals surface area contributed by atoms with Crippen molar-refractivity contribution in [2.75, 3.05) is 0 Å². The number of fused-ring (bicyclic) bond motifs is 12. The Hall–Kier alpha value is -3.36. The van der Waals surface area contributed by atoms with Gasteiger partial charge in [-0.25, -0.2) is 0 Å². The van der Waals surface area contributed by atoms with Gasteiger partial charge < -0.3 is 4.98 Å². The van der Waals surface area contributed by atoms with Crippen molar-refractivity contribution in [2.24, 2.45) is 0 Å². The zero-order valence-corrected chi connectivity index (χ0v) is 15.8. The van der Waals surface area contributed by atoms with E-state index in [1.54, 1.807) is 0 Å². The van der Waals surface area contributed by atoms with Crippen molar-refractivity contribution in [1.29, 1.82) is 0 Å². The molecule has 7 rings (SSSR count).